The zero-order valence-corrected chi connectivity index (χ0v) is 16.3. The van der Waals surface area contributed by atoms with Crippen molar-refractivity contribution in [3.8, 4) is 0 Å². The molecule has 1 fully saturated rings. The third-order valence-electron chi connectivity index (χ3n) is 5.59. The molecule has 2 aliphatic heterocycles. The minimum absolute atomic E-state index is 0.606. The van der Waals surface area contributed by atoms with E-state index < -0.39 is 0 Å². The van der Waals surface area contributed by atoms with Gasteiger partial charge in [0, 0.05) is 32.6 Å². The Hall–Kier alpha value is -2.37. The van der Waals surface area contributed by atoms with Crippen LogP contribution in [-0.4, -0.2) is 45.3 Å². The molecular formula is C21H30N6. The summed E-state index contributed by atoms with van der Waals surface area (Å²) in [4.78, 5) is 7.30. The number of aryl methyl sites for hydroxylation is 1. The summed E-state index contributed by atoms with van der Waals surface area (Å²) in [5.41, 5.74) is 1.43. The lowest BCUT2D eigenvalue weighted by atomic mass is 9.99. The van der Waals surface area contributed by atoms with Crippen molar-refractivity contribution in [1.29, 1.82) is 0 Å². The van der Waals surface area contributed by atoms with Crippen LogP contribution in [0.5, 0.6) is 0 Å². The first-order chi connectivity index (χ1) is 13.3. The molecule has 0 aliphatic carbocycles. The number of aromatic nitrogens is 3. The van der Waals surface area contributed by atoms with Crippen LogP contribution in [0.2, 0.25) is 0 Å². The van der Waals surface area contributed by atoms with E-state index in [1.54, 1.807) is 0 Å². The van der Waals surface area contributed by atoms with Crippen LogP contribution in [0, 0.1) is 5.92 Å². The molecule has 2 aliphatic rings. The molecule has 0 amide bonds. The first-order valence-electron chi connectivity index (χ1n) is 10.3. The van der Waals surface area contributed by atoms with Gasteiger partial charge in [0.2, 0.25) is 0 Å². The molecule has 27 heavy (non-hydrogen) atoms. The summed E-state index contributed by atoms with van der Waals surface area (Å²) >= 11 is 0. The van der Waals surface area contributed by atoms with E-state index in [4.69, 9.17) is 4.99 Å². The van der Waals surface area contributed by atoms with Crippen LogP contribution in [0.3, 0.4) is 0 Å². The van der Waals surface area contributed by atoms with Gasteiger partial charge in [-0.1, -0.05) is 30.3 Å². The minimum Gasteiger partial charge on any atom is -0.357 e. The number of likely N-dealkylation sites (tertiary alicyclic amines) is 1. The van der Waals surface area contributed by atoms with Gasteiger partial charge >= 0.3 is 0 Å². The zero-order valence-electron chi connectivity index (χ0n) is 16.3. The number of nitrogens with zero attached hydrogens (tertiary/aromatic N) is 5. The maximum Gasteiger partial charge on any atom is 0.194 e. The highest BCUT2D eigenvalue weighted by molar-refractivity contribution is 5.80. The minimum atomic E-state index is 0.606. The zero-order chi connectivity index (χ0) is 18.5. The van der Waals surface area contributed by atoms with E-state index in [1.165, 1.54) is 24.8 Å². The average Bonchev–Trinajstić information content (AvgIpc) is 3.33. The third kappa shape index (κ3) is 4.31. The highest BCUT2D eigenvalue weighted by atomic mass is 15.3. The smallest absolute Gasteiger partial charge is 0.194 e. The Morgan fingerprint density at radius 3 is 2.93 bits per heavy atom. The molecule has 1 unspecified atom stereocenters. The van der Waals surface area contributed by atoms with E-state index >= 15 is 0 Å². The second kappa shape index (κ2) is 8.55. The lowest BCUT2D eigenvalue weighted by Crippen LogP contribution is -2.40. The number of fused-ring (bicyclic) bond motifs is 1. The Balaban J connectivity index is 1.40. The number of hydrogen-bond donors (Lipinski definition) is 1. The van der Waals surface area contributed by atoms with E-state index in [1.807, 2.05) is 0 Å². The summed E-state index contributed by atoms with van der Waals surface area (Å²) in [6, 6.07) is 10.8. The largest absolute Gasteiger partial charge is 0.357 e. The van der Waals surface area contributed by atoms with Crippen LogP contribution in [0.4, 0.5) is 0 Å². The van der Waals surface area contributed by atoms with Gasteiger partial charge in [-0.15, -0.1) is 10.2 Å². The highest BCUT2D eigenvalue weighted by Gasteiger charge is 2.25. The highest BCUT2D eigenvalue weighted by Crippen LogP contribution is 2.21. The lowest BCUT2D eigenvalue weighted by molar-refractivity contribution is 0.458. The molecule has 1 N–H and O–H groups in total. The molecule has 4 rings (SSSR count). The van der Waals surface area contributed by atoms with Crippen molar-refractivity contribution in [2.45, 2.75) is 52.1 Å². The Kier molecular flexibility index (Phi) is 5.70. The Morgan fingerprint density at radius 1 is 1.19 bits per heavy atom. The quantitative estimate of drug-likeness (QED) is 0.653. The van der Waals surface area contributed by atoms with Crippen molar-refractivity contribution < 1.29 is 0 Å². The average molecular weight is 367 g/mol. The lowest BCUT2D eigenvalue weighted by Gasteiger charge is -2.22. The second-order valence-corrected chi connectivity index (χ2v) is 7.60. The summed E-state index contributed by atoms with van der Waals surface area (Å²) in [5, 5.41) is 12.2. The summed E-state index contributed by atoms with van der Waals surface area (Å²) in [5.74, 6) is 3.83. The van der Waals surface area contributed by atoms with Gasteiger partial charge in [-0.2, -0.15) is 0 Å². The predicted molar refractivity (Wildman–Crippen MR) is 108 cm³/mol. The van der Waals surface area contributed by atoms with Gasteiger partial charge in [-0.25, -0.2) is 4.99 Å². The Labute approximate surface area is 161 Å². The van der Waals surface area contributed by atoms with Crippen molar-refractivity contribution in [2.24, 2.45) is 10.9 Å². The molecule has 6 nitrogen and oxygen atoms in total. The van der Waals surface area contributed by atoms with Gasteiger partial charge < -0.3 is 14.8 Å². The number of nitrogens with one attached hydrogen (secondary N) is 1. The molecular weight excluding hydrogens is 336 g/mol. The van der Waals surface area contributed by atoms with Crippen molar-refractivity contribution in [3.05, 3.63) is 47.5 Å². The number of hydrogen-bond acceptors (Lipinski definition) is 3. The molecule has 144 valence electrons. The van der Waals surface area contributed by atoms with E-state index in [0.717, 1.165) is 56.6 Å². The number of guanidine groups is 1. The van der Waals surface area contributed by atoms with E-state index in [0.29, 0.717) is 12.5 Å². The van der Waals surface area contributed by atoms with Crippen LogP contribution < -0.4 is 5.32 Å². The fourth-order valence-electron chi connectivity index (χ4n) is 4.20. The van der Waals surface area contributed by atoms with Gasteiger partial charge in [0.15, 0.2) is 11.8 Å². The monoisotopic (exact) mass is 366 g/mol. The number of aliphatic imine (C=N–C) groups is 1. The molecule has 3 heterocycles. The topological polar surface area (TPSA) is 58.3 Å². The fraction of sp³-hybridized carbons (Fsp3) is 0.571. The van der Waals surface area contributed by atoms with Crippen LogP contribution in [0.1, 0.15) is 43.4 Å². The molecule has 2 aromatic rings. The molecule has 0 bridgehead atoms. The standard InChI is InChI=1S/C21H30N6/c1-2-22-21(23-15-20-25-24-19-10-6-7-12-27(19)20)26-13-11-18(16-26)14-17-8-4-3-5-9-17/h3-5,8-9,18H,2,6-7,10-16H2,1H3,(H,22,23). The first kappa shape index (κ1) is 18.0. The van der Waals surface area contributed by atoms with Gasteiger partial charge in [-0.3, -0.25) is 0 Å². The Bertz CT molecular complexity index is 766. The Morgan fingerprint density at radius 2 is 2.07 bits per heavy atom. The molecule has 0 saturated carbocycles. The van der Waals surface area contributed by atoms with Crippen molar-refractivity contribution in [1.82, 2.24) is 25.0 Å². The maximum atomic E-state index is 4.90. The van der Waals surface area contributed by atoms with Gasteiger partial charge in [0.05, 0.1) is 0 Å². The van der Waals surface area contributed by atoms with E-state index in [2.05, 4.69) is 62.2 Å². The normalized spacial score (nSPS) is 20.0. The molecule has 1 atom stereocenters. The summed E-state index contributed by atoms with van der Waals surface area (Å²) in [7, 11) is 0. The maximum absolute atomic E-state index is 4.90. The number of rotatable bonds is 5. The van der Waals surface area contributed by atoms with Crippen LogP contribution >= 0.6 is 0 Å². The van der Waals surface area contributed by atoms with Gasteiger partial charge in [0.25, 0.3) is 0 Å². The van der Waals surface area contributed by atoms with E-state index in [-0.39, 0.29) is 0 Å². The van der Waals surface area contributed by atoms with Crippen LogP contribution in [-0.2, 0) is 25.9 Å². The molecule has 0 spiro atoms. The summed E-state index contributed by atoms with van der Waals surface area (Å²) in [6.07, 6.45) is 5.86. The summed E-state index contributed by atoms with van der Waals surface area (Å²) in [6.45, 7) is 6.80. The number of benzene rings is 1. The predicted octanol–water partition coefficient (Wildman–Crippen LogP) is 2.64. The molecule has 1 aromatic heterocycles. The SMILES string of the molecule is CCNC(=NCc1nnc2n1CCCC2)N1CCC(Cc2ccccc2)C1. The molecule has 6 heteroatoms. The van der Waals surface area contributed by atoms with Crippen LogP contribution in [0.25, 0.3) is 0 Å². The van der Waals surface area contributed by atoms with E-state index in [9.17, 15) is 0 Å². The van der Waals surface area contributed by atoms with Crippen molar-refractivity contribution >= 4 is 5.96 Å². The molecule has 0 radical (unpaired) electrons. The first-order valence-corrected chi connectivity index (χ1v) is 10.3. The molecule has 1 saturated heterocycles. The second-order valence-electron chi connectivity index (χ2n) is 7.60. The summed E-state index contributed by atoms with van der Waals surface area (Å²) < 4.78 is 2.26. The van der Waals surface area contributed by atoms with Crippen molar-refractivity contribution in [2.75, 3.05) is 19.6 Å². The third-order valence-corrected chi connectivity index (χ3v) is 5.59. The van der Waals surface area contributed by atoms with Crippen molar-refractivity contribution in [3.63, 3.8) is 0 Å². The van der Waals surface area contributed by atoms with Crippen LogP contribution in [0.15, 0.2) is 35.3 Å². The molecule has 1 aromatic carbocycles. The van der Waals surface area contributed by atoms with Gasteiger partial charge in [0.1, 0.15) is 12.4 Å². The fourth-order valence-corrected chi connectivity index (χ4v) is 4.20. The van der Waals surface area contributed by atoms with Gasteiger partial charge in [-0.05, 0) is 44.1 Å².